The third-order valence-electron chi connectivity index (χ3n) is 2.58. The van der Waals surface area contributed by atoms with Gasteiger partial charge in [-0.25, -0.2) is 4.45 Å². The van der Waals surface area contributed by atoms with Crippen molar-refractivity contribution < 1.29 is 0 Å². The lowest BCUT2D eigenvalue weighted by atomic mass is 10.2. The Labute approximate surface area is 122 Å². The van der Waals surface area contributed by atoms with E-state index in [0.717, 1.165) is 16.6 Å². The van der Waals surface area contributed by atoms with Crippen LogP contribution in [-0.4, -0.2) is 24.3 Å². The van der Waals surface area contributed by atoms with Crippen LogP contribution in [-0.2, 0) is 0 Å². The first-order valence-corrected chi connectivity index (χ1v) is 9.33. The summed E-state index contributed by atoms with van der Waals surface area (Å²) in [5.74, 6) is 0. The van der Waals surface area contributed by atoms with Crippen LogP contribution in [0.15, 0.2) is 24.9 Å². The third-order valence-corrected chi connectivity index (χ3v) is 4.82. The number of hydrogen-bond donors (Lipinski definition) is 1. The molecular formula is C9H7ClIN6P. The highest BCUT2D eigenvalue weighted by Crippen LogP contribution is 2.38. The molecule has 1 atom stereocenters. The number of aromatic nitrogens is 5. The Morgan fingerprint density at radius 3 is 2.72 bits per heavy atom. The summed E-state index contributed by atoms with van der Waals surface area (Å²) in [6, 6.07) is 1.80. The Morgan fingerprint density at radius 1 is 1.33 bits per heavy atom. The predicted molar refractivity (Wildman–Crippen MR) is 81.8 cm³/mol. The van der Waals surface area contributed by atoms with Crippen molar-refractivity contribution in [2.45, 2.75) is 0 Å². The molecular weight excluding hydrogens is 385 g/mol. The number of fused-ring (bicyclic) bond motifs is 1. The first kappa shape index (κ1) is 12.1. The maximum Gasteiger partial charge on any atom is 0.123 e. The van der Waals surface area contributed by atoms with Gasteiger partial charge in [-0.1, -0.05) is 11.6 Å². The molecule has 0 aliphatic carbocycles. The molecule has 0 aliphatic heterocycles. The Hall–Kier alpha value is -0.920. The van der Waals surface area contributed by atoms with Gasteiger partial charge in [-0.15, -0.1) is 10.2 Å². The summed E-state index contributed by atoms with van der Waals surface area (Å²) in [6.07, 6.45) is 5.36. The fraction of sp³-hybridized carbons (Fsp3) is 0. The van der Waals surface area contributed by atoms with E-state index in [0.29, 0.717) is 17.1 Å². The minimum Gasteiger partial charge on any atom is -0.398 e. The van der Waals surface area contributed by atoms with Crippen molar-refractivity contribution in [3.63, 3.8) is 0 Å². The van der Waals surface area contributed by atoms with Gasteiger partial charge in [-0.3, -0.25) is 4.57 Å². The largest absolute Gasteiger partial charge is 0.398 e. The Balaban J connectivity index is 2.38. The van der Waals surface area contributed by atoms with E-state index >= 15 is 0 Å². The molecule has 2 aromatic heterocycles. The summed E-state index contributed by atoms with van der Waals surface area (Å²) in [5.41, 5.74) is 8.27. The first-order chi connectivity index (χ1) is 8.72. The van der Waals surface area contributed by atoms with Gasteiger partial charge in [0.2, 0.25) is 0 Å². The van der Waals surface area contributed by atoms with Gasteiger partial charge in [0, 0.05) is 11.1 Å². The van der Waals surface area contributed by atoms with Crippen molar-refractivity contribution in [2.24, 2.45) is 0 Å². The molecule has 3 rings (SSSR count). The quantitative estimate of drug-likeness (QED) is 0.413. The van der Waals surface area contributed by atoms with E-state index in [9.17, 15) is 0 Å². The fourth-order valence-corrected chi connectivity index (χ4v) is 3.68. The molecule has 0 fully saturated rings. The van der Waals surface area contributed by atoms with Gasteiger partial charge in [0.15, 0.2) is 0 Å². The number of rotatable bonds is 2. The lowest BCUT2D eigenvalue weighted by Gasteiger charge is -2.09. The normalized spacial score (nSPS) is 11.9. The van der Waals surface area contributed by atoms with Crippen molar-refractivity contribution in [1.82, 2.24) is 24.3 Å². The van der Waals surface area contributed by atoms with Crippen LogP contribution >= 0.6 is 40.0 Å². The number of anilines is 1. The second-order valence-electron chi connectivity index (χ2n) is 3.57. The minimum atomic E-state index is 0.458. The number of nitrogens with zero attached hydrogens (tertiary/aromatic N) is 5. The van der Waals surface area contributed by atoms with E-state index in [-0.39, 0.29) is 0 Å². The molecule has 0 spiro atoms. The number of hydrogen-bond acceptors (Lipinski definition) is 4. The second-order valence-corrected chi connectivity index (χ2v) is 5.99. The van der Waals surface area contributed by atoms with Gasteiger partial charge in [0.25, 0.3) is 0 Å². The summed E-state index contributed by atoms with van der Waals surface area (Å²) in [7, 11) is 0. The SMILES string of the molecule is Nc1cc(-n2cnnc2)c(Cl)c2c1cnn2PI. The van der Waals surface area contributed by atoms with E-state index in [4.69, 9.17) is 17.3 Å². The Kier molecular flexibility index (Phi) is 3.13. The number of nitrogens with two attached hydrogens (primary N) is 1. The Bertz CT molecular complexity index is 709. The van der Waals surface area contributed by atoms with E-state index in [1.165, 1.54) is 0 Å². The average Bonchev–Trinajstić information content (AvgIpc) is 3.01. The van der Waals surface area contributed by atoms with E-state index in [2.05, 4.69) is 37.3 Å². The molecule has 0 saturated heterocycles. The van der Waals surface area contributed by atoms with Crippen LogP contribution in [0.3, 0.4) is 0 Å². The molecule has 2 heterocycles. The lowest BCUT2D eigenvalue weighted by molar-refractivity contribution is 1.03. The molecule has 0 aliphatic rings. The van der Waals surface area contributed by atoms with Crippen LogP contribution < -0.4 is 5.73 Å². The molecule has 0 saturated carbocycles. The molecule has 1 aromatic carbocycles. The summed E-state index contributed by atoms with van der Waals surface area (Å²) < 4.78 is 3.56. The maximum atomic E-state index is 6.44. The molecule has 0 radical (unpaired) electrons. The first-order valence-electron chi connectivity index (χ1n) is 4.89. The van der Waals surface area contributed by atoms with Crippen LogP contribution in [0.1, 0.15) is 0 Å². The molecule has 1 unspecified atom stereocenters. The van der Waals surface area contributed by atoms with Gasteiger partial charge in [0.1, 0.15) is 12.7 Å². The van der Waals surface area contributed by atoms with Crippen molar-refractivity contribution in [3.05, 3.63) is 29.9 Å². The van der Waals surface area contributed by atoms with Gasteiger partial charge < -0.3 is 5.73 Å². The summed E-state index contributed by atoms with van der Waals surface area (Å²) in [4.78, 5) is 0. The standard InChI is InChI=1S/C9H7ClIN6P/c10-8-7(16-3-13-14-4-16)1-6(12)5-2-15-17(18-11)9(5)8/h1-4,18H,12H2. The van der Waals surface area contributed by atoms with Gasteiger partial charge in [-0.05, 0) is 28.1 Å². The highest BCUT2D eigenvalue weighted by atomic mass is 127. The van der Waals surface area contributed by atoms with Gasteiger partial charge >= 0.3 is 0 Å². The average molecular weight is 393 g/mol. The zero-order chi connectivity index (χ0) is 12.7. The number of halogens is 2. The second kappa shape index (κ2) is 4.64. The van der Waals surface area contributed by atoms with Crippen LogP contribution in [0.2, 0.25) is 5.02 Å². The van der Waals surface area contributed by atoms with E-state index in [1.807, 2.05) is 4.45 Å². The van der Waals surface area contributed by atoms with Crippen LogP contribution in [0.4, 0.5) is 5.69 Å². The predicted octanol–water partition coefficient (Wildman–Crippen LogP) is 2.64. The van der Waals surface area contributed by atoms with Gasteiger partial charge in [-0.2, -0.15) is 5.10 Å². The lowest BCUT2D eigenvalue weighted by Crippen LogP contribution is -1.97. The van der Waals surface area contributed by atoms with Crippen LogP contribution in [0, 0.1) is 0 Å². The summed E-state index contributed by atoms with van der Waals surface area (Å²) in [5, 5.41) is 13.3. The zero-order valence-electron chi connectivity index (χ0n) is 8.88. The molecule has 9 heteroatoms. The molecule has 92 valence electrons. The fourth-order valence-electron chi connectivity index (χ4n) is 1.76. The van der Waals surface area contributed by atoms with Crippen molar-refractivity contribution >= 4 is 56.6 Å². The topological polar surface area (TPSA) is 74.6 Å². The highest BCUT2D eigenvalue weighted by molar-refractivity contribution is 14.2. The maximum absolute atomic E-state index is 6.44. The third kappa shape index (κ3) is 1.77. The monoisotopic (exact) mass is 392 g/mol. The molecule has 0 amide bonds. The molecule has 6 nitrogen and oxygen atoms in total. The van der Waals surface area contributed by atoms with Crippen LogP contribution in [0.25, 0.3) is 16.6 Å². The molecule has 0 bridgehead atoms. The number of benzene rings is 1. The molecule has 18 heavy (non-hydrogen) atoms. The van der Waals surface area contributed by atoms with E-state index < -0.39 is 0 Å². The van der Waals surface area contributed by atoms with Crippen LogP contribution in [0.5, 0.6) is 0 Å². The zero-order valence-corrected chi connectivity index (χ0v) is 12.8. The highest BCUT2D eigenvalue weighted by Gasteiger charge is 2.15. The van der Waals surface area contributed by atoms with E-state index in [1.54, 1.807) is 29.5 Å². The molecule has 3 aromatic rings. The summed E-state index contributed by atoms with van der Waals surface area (Å²) in [6.45, 7) is 0. The van der Waals surface area contributed by atoms with Crippen molar-refractivity contribution in [3.8, 4) is 5.69 Å². The smallest absolute Gasteiger partial charge is 0.123 e. The summed E-state index contributed by atoms with van der Waals surface area (Å²) >= 11 is 8.69. The van der Waals surface area contributed by atoms with Crippen molar-refractivity contribution in [2.75, 3.05) is 5.73 Å². The minimum absolute atomic E-state index is 0.458. The Morgan fingerprint density at radius 2 is 2.06 bits per heavy atom. The van der Waals surface area contributed by atoms with Crippen molar-refractivity contribution in [1.29, 1.82) is 0 Å². The van der Waals surface area contributed by atoms with Gasteiger partial charge in [0.05, 0.1) is 28.8 Å². The molecule has 2 N–H and O–H groups in total. The number of nitrogen functional groups attached to an aromatic ring is 1.